The first-order chi connectivity index (χ1) is 22.2. The molecule has 1 atom stereocenters. The predicted molar refractivity (Wildman–Crippen MR) is 169 cm³/mol. The van der Waals surface area contributed by atoms with Crippen LogP contribution in [0.15, 0.2) is 102 Å². The van der Waals surface area contributed by atoms with Crippen molar-refractivity contribution in [3.05, 3.63) is 130 Å². The summed E-state index contributed by atoms with van der Waals surface area (Å²) in [6.07, 6.45) is -4.97. The zero-order valence-electron chi connectivity index (χ0n) is 25.3. The number of carbonyl (C=O) groups excluding carboxylic acids is 1. The summed E-state index contributed by atoms with van der Waals surface area (Å²) in [6.45, 7) is 3.36. The molecule has 4 aromatic carbocycles. The van der Waals surface area contributed by atoms with Crippen LogP contribution in [0.3, 0.4) is 0 Å². The summed E-state index contributed by atoms with van der Waals surface area (Å²) < 4.78 is 94.3. The molecular weight excluding hydrogens is 636 g/mol. The second-order valence-electron chi connectivity index (χ2n) is 12.3. The Bertz CT molecular complexity index is 2010. The maximum Gasteiger partial charge on any atom is 0.416 e. The molecule has 0 bridgehead atoms. The fraction of sp³-hybridized carbons (Fsp3) is 0.229. The minimum atomic E-state index is -5.03. The van der Waals surface area contributed by atoms with Crippen molar-refractivity contribution in [2.45, 2.75) is 39.1 Å². The van der Waals surface area contributed by atoms with E-state index in [1.165, 1.54) is 36.4 Å². The molecule has 0 aromatic heterocycles. The van der Waals surface area contributed by atoms with Crippen LogP contribution in [-0.4, -0.2) is 25.2 Å². The summed E-state index contributed by atoms with van der Waals surface area (Å²) in [7, 11) is -4.37. The molecule has 7 nitrogen and oxygen atoms in total. The number of phenols is 1. The Morgan fingerprint density at radius 1 is 1.00 bits per heavy atom. The van der Waals surface area contributed by atoms with Crippen LogP contribution in [0.5, 0.6) is 11.5 Å². The van der Waals surface area contributed by atoms with Crippen molar-refractivity contribution >= 4 is 27.1 Å². The molecule has 12 heteroatoms. The molecule has 47 heavy (non-hydrogen) atoms. The van der Waals surface area contributed by atoms with E-state index in [0.717, 1.165) is 29.2 Å². The summed E-state index contributed by atoms with van der Waals surface area (Å²) in [5, 5.41) is 13.9. The number of halogens is 4. The Kier molecular flexibility index (Phi) is 8.03. The SMILES string of the molecule is CC1(C)CC2=C(C(c3ccc(OCc4ccccc4)cc3C(F)(F)F)N(C(=O)c3ccccc3F)c3cccc(O)c3N2)S(=O)(=O)C1. The minimum Gasteiger partial charge on any atom is -0.506 e. The van der Waals surface area contributed by atoms with Crippen molar-refractivity contribution in [3.8, 4) is 11.5 Å². The average molecular weight is 667 g/mol. The number of hydrogen-bond acceptors (Lipinski definition) is 6. The van der Waals surface area contributed by atoms with E-state index in [9.17, 15) is 18.3 Å². The Balaban J connectivity index is 1.64. The molecular formula is C35H30F4N2O5S. The van der Waals surface area contributed by atoms with Gasteiger partial charge in [0.05, 0.1) is 27.5 Å². The highest BCUT2D eigenvalue weighted by atomic mass is 32.2. The Morgan fingerprint density at radius 2 is 1.70 bits per heavy atom. The number of anilines is 2. The number of fused-ring (bicyclic) bond motifs is 1. The lowest BCUT2D eigenvalue weighted by Gasteiger charge is -2.38. The van der Waals surface area contributed by atoms with Crippen LogP contribution in [-0.2, 0) is 22.6 Å². The van der Waals surface area contributed by atoms with Crippen LogP contribution in [0, 0.1) is 11.2 Å². The molecule has 6 rings (SSSR count). The van der Waals surface area contributed by atoms with Crippen LogP contribution < -0.4 is 15.0 Å². The smallest absolute Gasteiger partial charge is 0.416 e. The fourth-order valence-electron chi connectivity index (χ4n) is 6.22. The Hall–Kier alpha value is -4.84. The lowest BCUT2D eigenvalue weighted by Crippen LogP contribution is -2.42. The van der Waals surface area contributed by atoms with E-state index in [0.29, 0.717) is 5.56 Å². The number of alkyl halides is 3. The molecule has 4 aromatic rings. The molecule has 0 saturated carbocycles. The maximum atomic E-state index is 15.2. The monoisotopic (exact) mass is 666 g/mol. The Morgan fingerprint density at radius 3 is 2.40 bits per heavy atom. The molecule has 2 aliphatic rings. The number of benzene rings is 4. The van der Waals surface area contributed by atoms with Gasteiger partial charge in [0.25, 0.3) is 5.91 Å². The van der Waals surface area contributed by atoms with Crippen LogP contribution in [0.4, 0.5) is 28.9 Å². The van der Waals surface area contributed by atoms with Crippen molar-refractivity contribution in [1.82, 2.24) is 0 Å². The van der Waals surface area contributed by atoms with E-state index >= 15 is 17.6 Å². The number of aromatic hydroxyl groups is 1. The summed E-state index contributed by atoms with van der Waals surface area (Å²) in [6, 6.07) is 19.0. The predicted octanol–water partition coefficient (Wildman–Crippen LogP) is 8.00. The lowest BCUT2D eigenvalue weighted by atomic mass is 9.88. The highest BCUT2D eigenvalue weighted by Gasteiger charge is 2.49. The molecule has 0 saturated heterocycles. The number of para-hydroxylation sites is 1. The van der Waals surface area contributed by atoms with E-state index in [1.807, 2.05) is 0 Å². The van der Waals surface area contributed by atoms with E-state index < -0.39 is 66.5 Å². The second-order valence-corrected chi connectivity index (χ2v) is 14.3. The van der Waals surface area contributed by atoms with E-state index in [1.54, 1.807) is 44.2 Å². The number of allylic oxidation sites excluding steroid dienone is 1. The van der Waals surface area contributed by atoms with Crippen molar-refractivity contribution < 1.29 is 40.6 Å². The first kappa shape index (κ1) is 32.1. The van der Waals surface area contributed by atoms with Gasteiger partial charge in [-0.3, -0.25) is 9.69 Å². The van der Waals surface area contributed by atoms with Crippen molar-refractivity contribution in [2.75, 3.05) is 16.0 Å². The number of phenolic OH excluding ortho intramolecular Hbond substituents is 1. The molecule has 1 amide bonds. The van der Waals surface area contributed by atoms with Gasteiger partial charge in [-0.15, -0.1) is 0 Å². The molecule has 1 unspecified atom stereocenters. The quantitative estimate of drug-likeness (QED) is 0.166. The lowest BCUT2D eigenvalue weighted by molar-refractivity contribution is -0.138. The van der Waals surface area contributed by atoms with E-state index in [4.69, 9.17) is 4.74 Å². The van der Waals surface area contributed by atoms with Gasteiger partial charge in [-0.25, -0.2) is 12.8 Å². The Labute approximate surface area is 269 Å². The molecule has 2 N–H and O–H groups in total. The topological polar surface area (TPSA) is 95.9 Å². The van der Waals surface area contributed by atoms with Crippen LogP contribution >= 0.6 is 0 Å². The van der Waals surface area contributed by atoms with Gasteiger partial charge in [0.2, 0.25) is 0 Å². The number of rotatable bonds is 5. The van der Waals surface area contributed by atoms with Gasteiger partial charge in [-0.1, -0.05) is 68.4 Å². The third kappa shape index (κ3) is 6.17. The standard InChI is InChI=1S/C35H30F4N2O5S/c1-34(2)18-27-32(47(44,45)20-34)31(23-16-15-22(17-25(23)35(37,38)39)46-19-21-9-4-3-5-10-21)41(28-13-8-14-29(42)30(28)40-27)33(43)24-11-6-7-12-26(24)36/h3-17,31,40,42H,18-20H2,1-2H3. The summed E-state index contributed by atoms with van der Waals surface area (Å²) in [5.41, 5.74) is -2.66. The van der Waals surface area contributed by atoms with Crippen molar-refractivity contribution in [2.24, 2.45) is 5.41 Å². The van der Waals surface area contributed by atoms with Crippen LogP contribution in [0.2, 0.25) is 0 Å². The first-order valence-electron chi connectivity index (χ1n) is 14.7. The number of nitrogens with zero attached hydrogens (tertiary/aromatic N) is 1. The molecule has 2 heterocycles. The van der Waals surface area contributed by atoms with E-state index in [-0.39, 0.29) is 41.6 Å². The normalized spacial score (nSPS) is 18.4. The number of nitrogens with one attached hydrogen (secondary N) is 1. The maximum absolute atomic E-state index is 15.2. The van der Waals surface area contributed by atoms with Gasteiger partial charge in [-0.2, -0.15) is 13.2 Å². The van der Waals surface area contributed by atoms with Gasteiger partial charge >= 0.3 is 6.18 Å². The minimum absolute atomic E-state index is 0.0235. The van der Waals surface area contributed by atoms with Crippen molar-refractivity contribution in [3.63, 3.8) is 0 Å². The van der Waals surface area contributed by atoms with Gasteiger partial charge < -0.3 is 15.2 Å². The van der Waals surface area contributed by atoms with E-state index in [2.05, 4.69) is 5.32 Å². The van der Waals surface area contributed by atoms with Gasteiger partial charge in [-0.05, 0) is 59.4 Å². The van der Waals surface area contributed by atoms with Gasteiger partial charge in [0.15, 0.2) is 9.84 Å². The van der Waals surface area contributed by atoms with Gasteiger partial charge in [0.1, 0.15) is 35.7 Å². The molecule has 0 aliphatic carbocycles. The molecule has 244 valence electrons. The van der Waals surface area contributed by atoms with Crippen LogP contribution in [0.25, 0.3) is 0 Å². The number of carbonyl (C=O) groups is 1. The molecule has 0 radical (unpaired) electrons. The third-order valence-corrected chi connectivity index (χ3v) is 10.4. The highest BCUT2D eigenvalue weighted by molar-refractivity contribution is 7.95. The number of amides is 1. The summed E-state index contributed by atoms with van der Waals surface area (Å²) in [5.74, 6) is -3.02. The zero-order chi connectivity index (χ0) is 33.7. The fourth-order valence-corrected chi connectivity index (χ4v) is 8.58. The number of sulfone groups is 1. The van der Waals surface area contributed by atoms with Crippen molar-refractivity contribution in [1.29, 1.82) is 0 Å². The van der Waals surface area contributed by atoms with Crippen LogP contribution in [0.1, 0.15) is 53.4 Å². The second kappa shape index (κ2) is 11.8. The highest BCUT2D eigenvalue weighted by Crippen LogP contribution is 2.53. The zero-order valence-corrected chi connectivity index (χ0v) is 26.1. The third-order valence-electron chi connectivity index (χ3n) is 8.13. The number of hydrogen-bond donors (Lipinski definition) is 2. The molecule has 0 spiro atoms. The summed E-state index contributed by atoms with van der Waals surface area (Å²) in [4.78, 5) is 14.7. The average Bonchev–Trinajstić information content (AvgIpc) is 3.14. The first-order valence-corrected chi connectivity index (χ1v) is 16.3. The molecule has 2 aliphatic heterocycles. The van der Waals surface area contributed by atoms with Gasteiger partial charge in [0, 0.05) is 5.70 Å². The number of ether oxygens (including phenoxy) is 1. The molecule has 0 fully saturated rings. The summed E-state index contributed by atoms with van der Waals surface area (Å²) >= 11 is 0. The largest absolute Gasteiger partial charge is 0.506 e.